The fourth-order valence-corrected chi connectivity index (χ4v) is 2.35. The molecular weight excluding hydrogens is 288 g/mol. The lowest BCUT2D eigenvalue weighted by atomic mass is 10.1. The van der Waals surface area contributed by atoms with E-state index in [4.69, 9.17) is 9.47 Å². The molecule has 0 bridgehead atoms. The first-order valence-electron chi connectivity index (χ1n) is 7.32. The van der Waals surface area contributed by atoms with E-state index in [1.807, 2.05) is 13.0 Å². The summed E-state index contributed by atoms with van der Waals surface area (Å²) in [4.78, 5) is 26.1. The van der Waals surface area contributed by atoms with Crippen LogP contribution in [0.2, 0.25) is 0 Å². The number of carbonyl (C=O) groups excluding carboxylic acids is 2. The van der Waals surface area contributed by atoms with E-state index in [0.717, 1.165) is 5.69 Å². The lowest BCUT2D eigenvalue weighted by Gasteiger charge is -2.33. The van der Waals surface area contributed by atoms with Gasteiger partial charge in [-0.15, -0.1) is 0 Å². The van der Waals surface area contributed by atoms with E-state index in [9.17, 15) is 9.59 Å². The number of methoxy groups -OCH3 is 1. The summed E-state index contributed by atoms with van der Waals surface area (Å²) in [7, 11) is 1.58. The predicted octanol–water partition coefficient (Wildman–Crippen LogP) is -0.434. The fraction of sp³-hybridized carbons (Fsp3) is 0.643. The summed E-state index contributed by atoms with van der Waals surface area (Å²) in [5.74, 6) is -0.292. The molecule has 1 unspecified atom stereocenters. The summed E-state index contributed by atoms with van der Waals surface area (Å²) in [6.45, 7) is 3.95. The van der Waals surface area contributed by atoms with Crippen LogP contribution < -0.4 is 5.32 Å². The molecule has 1 aromatic rings. The first kappa shape index (κ1) is 16.4. The number of ether oxygens (including phenoxy) is 2. The molecule has 8 nitrogen and oxygen atoms in total. The molecular formula is C14H22N4O4. The molecule has 0 radical (unpaired) electrons. The van der Waals surface area contributed by atoms with Gasteiger partial charge in [-0.25, -0.2) is 0 Å². The maximum absolute atomic E-state index is 12.3. The number of nitrogens with zero attached hydrogens (tertiary/aromatic N) is 3. The van der Waals surface area contributed by atoms with Crippen molar-refractivity contribution in [1.29, 1.82) is 0 Å². The number of amides is 2. The predicted molar refractivity (Wildman–Crippen MR) is 78.1 cm³/mol. The van der Waals surface area contributed by atoms with Crippen molar-refractivity contribution in [3.05, 3.63) is 18.0 Å². The van der Waals surface area contributed by atoms with Crippen molar-refractivity contribution >= 4 is 11.8 Å². The Balaban J connectivity index is 2.05. The number of hydrogen-bond donors (Lipinski definition) is 1. The molecule has 1 aromatic heterocycles. The molecule has 2 rings (SSSR count). The molecule has 22 heavy (non-hydrogen) atoms. The summed E-state index contributed by atoms with van der Waals surface area (Å²) >= 11 is 0. The van der Waals surface area contributed by atoms with Crippen LogP contribution in [-0.2, 0) is 25.6 Å². The molecule has 0 spiro atoms. The lowest BCUT2D eigenvalue weighted by molar-refractivity contribution is -0.139. The van der Waals surface area contributed by atoms with E-state index in [2.05, 4.69) is 10.4 Å². The highest BCUT2D eigenvalue weighted by Gasteiger charge is 2.32. The molecule has 2 heterocycles. The molecule has 1 aliphatic rings. The van der Waals surface area contributed by atoms with E-state index < -0.39 is 6.04 Å². The zero-order valence-corrected chi connectivity index (χ0v) is 12.9. The summed E-state index contributed by atoms with van der Waals surface area (Å²) in [5, 5.41) is 6.99. The molecule has 0 aliphatic carbocycles. The Morgan fingerprint density at radius 2 is 2.32 bits per heavy atom. The van der Waals surface area contributed by atoms with Gasteiger partial charge in [0.15, 0.2) is 0 Å². The number of rotatable bonds is 7. The summed E-state index contributed by atoms with van der Waals surface area (Å²) in [6, 6.07) is 1.29. The Bertz CT molecular complexity index is 517. The SMILES string of the molecule is CCOCC(=O)N1Cc2ccnn2C(C(=O)NCCOC)C1. The number of nitrogens with one attached hydrogen (secondary N) is 1. The maximum Gasteiger partial charge on any atom is 0.249 e. The topological polar surface area (TPSA) is 85.7 Å². The van der Waals surface area contributed by atoms with Crippen LogP contribution in [0.25, 0.3) is 0 Å². The first-order chi connectivity index (χ1) is 10.7. The van der Waals surface area contributed by atoms with Crippen molar-refractivity contribution in [3.63, 3.8) is 0 Å². The van der Waals surface area contributed by atoms with Crippen LogP contribution >= 0.6 is 0 Å². The number of aromatic nitrogens is 2. The standard InChI is InChI=1S/C14H22N4O4/c1-3-22-10-13(19)17-8-11-4-5-16-18(11)12(9-17)14(20)15-6-7-21-2/h4-5,12H,3,6-10H2,1-2H3,(H,15,20). The normalized spacial score (nSPS) is 17.2. The lowest BCUT2D eigenvalue weighted by Crippen LogP contribution is -2.48. The molecule has 122 valence electrons. The van der Waals surface area contributed by atoms with Crippen molar-refractivity contribution in [2.24, 2.45) is 0 Å². The van der Waals surface area contributed by atoms with E-state index >= 15 is 0 Å². The monoisotopic (exact) mass is 310 g/mol. The number of carbonyl (C=O) groups is 2. The molecule has 1 N–H and O–H groups in total. The minimum atomic E-state index is -0.527. The highest BCUT2D eigenvalue weighted by Crippen LogP contribution is 2.20. The van der Waals surface area contributed by atoms with Crippen LogP contribution in [0.3, 0.4) is 0 Å². The van der Waals surface area contributed by atoms with Crippen molar-refractivity contribution in [2.45, 2.75) is 19.5 Å². The third-order valence-electron chi connectivity index (χ3n) is 3.48. The summed E-state index contributed by atoms with van der Waals surface area (Å²) in [6.07, 6.45) is 1.64. The third kappa shape index (κ3) is 3.83. The van der Waals surface area contributed by atoms with Crippen LogP contribution in [-0.4, -0.2) is 66.5 Å². The molecule has 0 aromatic carbocycles. The van der Waals surface area contributed by atoms with Gasteiger partial charge in [0.1, 0.15) is 12.6 Å². The summed E-state index contributed by atoms with van der Waals surface area (Å²) < 4.78 is 11.8. The molecule has 1 atom stereocenters. The van der Waals surface area contributed by atoms with Gasteiger partial charge in [0.2, 0.25) is 11.8 Å². The van der Waals surface area contributed by atoms with Crippen molar-refractivity contribution < 1.29 is 19.1 Å². The smallest absolute Gasteiger partial charge is 0.249 e. The van der Waals surface area contributed by atoms with Gasteiger partial charge in [0.25, 0.3) is 0 Å². The Hall–Kier alpha value is -1.93. The summed E-state index contributed by atoms with van der Waals surface area (Å²) in [5.41, 5.74) is 0.836. The maximum atomic E-state index is 12.3. The van der Waals surface area contributed by atoms with E-state index in [0.29, 0.717) is 32.8 Å². The highest BCUT2D eigenvalue weighted by molar-refractivity contribution is 5.83. The average molecular weight is 310 g/mol. The van der Waals surface area contributed by atoms with Gasteiger partial charge in [0.05, 0.1) is 25.4 Å². The molecule has 1 aliphatic heterocycles. The minimum Gasteiger partial charge on any atom is -0.383 e. The Labute approximate surface area is 129 Å². The molecule has 0 saturated heterocycles. The third-order valence-corrected chi connectivity index (χ3v) is 3.48. The van der Waals surface area contributed by atoms with E-state index in [-0.39, 0.29) is 18.4 Å². The quantitative estimate of drug-likeness (QED) is 0.691. The van der Waals surface area contributed by atoms with Crippen molar-refractivity contribution in [3.8, 4) is 0 Å². The van der Waals surface area contributed by atoms with Gasteiger partial charge in [-0.05, 0) is 13.0 Å². The Morgan fingerprint density at radius 1 is 1.50 bits per heavy atom. The molecule has 0 saturated carbocycles. The van der Waals surface area contributed by atoms with Crippen molar-refractivity contribution in [2.75, 3.05) is 40.0 Å². The van der Waals surface area contributed by atoms with Crippen LogP contribution in [0.15, 0.2) is 12.3 Å². The van der Waals surface area contributed by atoms with Crippen LogP contribution in [0.4, 0.5) is 0 Å². The van der Waals surface area contributed by atoms with Crippen molar-refractivity contribution in [1.82, 2.24) is 20.0 Å². The highest BCUT2D eigenvalue weighted by atomic mass is 16.5. The van der Waals surface area contributed by atoms with Gasteiger partial charge in [0, 0.05) is 26.5 Å². The van der Waals surface area contributed by atoms with E-state index in [1.54, 1.807) is 22.9 Å². The largest absolute Gasteiger partial charge is 0.383 e. The number of fused-ring (bicyclic) bond motifs is 1. The van der Waals surface area contributed by atoms with Crippen LogP contribution in [0.5, 0.6) is 0 Å². The van der Waals surface area contributed by atoms with Gasteiger partial charge in [-0.2, -0.15) is 5.10 Å². The van der Waals surface area contributed by atoms with E-state index in [1.165, 1.54) is 0 Å². The van der Waals surface area contributed by atoms with Gasteiger partial charge < -0.3 is 19.7 Å². The molecule has 0 fully saturated rings. The zero-order chi connectivity index (χ0) is 15.9. The zero-order valence-electron chi connectivity index (χ0n) is 12.9. The molecule has 2 amide bonds. The first-order valence-corrected chi connectivity index (χ1v) is 7.32. The number of hydrogen-bond acceptors (Lipinski definition) is 5. The average Bonchev–Trinajstić information content (AvgIpc) is 3.00. The Morgan fingerprint density at radius 3 is 3.05 bits per heavy atom. The minimum absolute atomic E-state index is 0.0304. The second kappa shape index (κ2) is 7.90. The second-order valence-electron chi connectivity index (χ2n) is 4.98. The van der Waals surface area contributed by atoms with Gasteiger partial charge in [-0.3, -0.25) is 14.3 Å². The van der Waals surface area contributed by atoms with Crippen LogP contribution in [0, 0.1) is 0 Å². The fourth-order valence-electron chi connectivity index (χ4n) is 2.35. The second-order valence-corrected chi connectivity index (χ2v) is 4.98. The van der Waals surface area contributed by atoms with Gasteiger partial charge >= 0.3 is 0 Å². The Kier molecular flexibility index (Phi) is 5.91. The van der Waals surface area contributed by atoms with Gasteiger partial charge in [-0.1, -0.05) is 0 Å². The van der Waals surface area contributed by atoms with Crippen LogP contribution in [0.1, 0.15) is 18.7 Å². The molecule has 8 heteroatoms.